The largest absolute Gasteiger partial charge is 0.380 e. The van der Waals surface area contributed by atoms with E-state index in [1.165, 1.54) is 11.1 Å². The second-order valence-corrected chi connectivity index (χ2v) is 5.08. The number of halogens is 1. The van der Waals surface area contributed by atoms with Gasteiger partial charge < -0.3 is 15.4 Å². The summed E-state index contributed by atoms with van der Waals surface area (Å²) in [5, 5.41) is 6.58. The topological polar surface area (TPSA) is 45.7 Å². The lowest BCUT2D eigenvalue weighted by Crippen LogP contribution is -2.37. The van der Waals surface area contributed by atoms with E-state index < -0.39 is 0 Å². The van der Waals surface area contributed by atoms with Crippen LogP contribution < -0.4 is 10.6 Å². The summed E-state index contributed by atoms with van der Waals surface area (Å²) in [6.07, 6.45) is 2.10. The van der Waals surface area contributed by atoms with Gasteiger partial charge in [0.2, 0.25) is 0 Å². The van der Waals surface area contributed by atoms with Crippen molar-refractivity contribution in [1.29, 1.82) is 0 Å². The van der Waals surface area contributed by atoms with Crippen molar-refractivity contribution >= 4 is 41.7 Å². The molecule has 114 valence electrons. The van der Waals surface area contributed by atoms with Gasteiger partial charge in [-0.25, -0.2) is 0 Å². The van der Waals surface area contributed by atoms with Crippen molar-refractivity contribution in [3.63, 3.8) is 0 Å². The molecule has 0 aliphatic heterocycles. The molecule has 0 aromatic heterocycles. The molecule has 0 bridgehead atoms. The molecule has 0 fully saturated rings. The minimum absolute atomic E-state index is 0. The van der Waals surface area contributed by atoms with E-state index >= 15 is 0 Å². The molecular weight excluding hydrogens is 385 g/mol. The highest BCUT2D eigenvalue weighted by molar-refractivity contribution is 14.0. The molecule has 0 saturated carbocycles. The number of hydrogen-bond acceptors (Lipinski definition) is 3. The van der Waals surface area contributed by atoms with Crippen molar-refractivity contribution in [2.75, 3.05) is 32.7 Å². The second-order valence-electron chi connectivity index (χ2n) is 4.10. The van der Waals surface area contributed by atoms with Gasteiger partial charge in [-0.15, -0.1) is 24.0 Å². The Labute approximate surface area is 143 Å². The predicted octanol–water partition coefficient (Wildman–Crippen LogP) is 2.48. The molecule has 20 heavy (non-hydrogen) atoms. The first-order valence-electron chi connectivity index (χ1n) is 6.30. The van der Waals surface area contributed by atoms with Crippen molar-refractivity contribution in [3.8, 4) is 0 Å². The number of aliphatic imine (C=N–C) groups is 1. The van der Waals surface area contributed by atoms with E-state index in [9.17, 15) is 0 Å². The molecule has 0 aliphatic rings. The van der Waals surface area contributed by atoms with Gasteiger partial charge in [-0.3, -0.25) is 4.99 Å². The standard InChI is InChI=1S/C14H23N3OS.HI/c1-15-14(16-7-8-19-3)17-10-12-5-4-6-13(9-12)11-18-2;/h4-6,9H,7-8,10-11H2,1-3H3,(H2,15,16,17);1H. The molecule has 1 aromatic carbocycles. The zero-order chi connectivity index (χ0) is 13.9. The van der Waals surface area contributed by atoms with Gasteiger partial charge in [0.05, 0.1) is 6.61 Å². The maximum absolute atomic E-state index is 5.14. The van der Waals surface area contributed by atoms with Gasteiger partial charge in [0, 0.05) is 33.0 Å². The smallest absolute Gasteiger partial charge is 0.191 e. The third-order valence-electron chi connectivity index (χ3n) is 2.58. The molecular formula is C14H24IN3OS. The number of methoxy groups -OCH3 is 1. The van der Waals surface area contributed by atoms with Gasteiger partial charge in [0.25, 0.3) is 0 Å². The van der Waals surface area contributed by atoms with Crippen molar-refractivity contribution in [3.05, 3.63) is 35.4 Å². The fourth-order valence-corrected chi connectivity index (χ4v) is 1.98. The Bertz CT molecular complexity index is 402. The Morgan fingerprint density at radius 3 is 2.70 bits per heavy atom. The van der Waals surface area contributed by atoms with Crippen LogP contribution in [0.15, 0.2) is 29.3 Å². The van der Waals surface area contributed by atoms with Gasteiger partial charge in [-0.2, -0.15) is 11.8 Å². The lowest BCUT2D eigenvalue weighted by molar-refractivity contribution is 0.185. The maximum Gasteiger partial charge on any atom is 0.191 e. The van der Waals surface area contributed by atoms with E-state index in [2.05, 4.69) is 46.1 Å². The molecule has 2 N–H and O–H groups in total. The number of rotatable bonds is 7. The summed E-state index contributed by atoms with van der Waals surface area (Å²) in [6, 6.07) is 8.36. The Hall–Kier alpha value is -0.470. The zero-order valence-corrected chi connectivity index (χ0v) is 15.5. The minimum Gasteiger partial charge on any atom is -0.380 e. The van der Waals surface area contributed by atoms with Gasteiger partial charge in [0.15, 0.2) is 5.96 Å². The van der Waals surface area contributed by atoms with E-state index in [0.29, 0.717) is 6.61 Å². The Morgan fingerprint density at radius 1 is 1.30 bits per heavy atom. The summed E-state index contributed by atoms with van der Waals surface area (Å²) >= 11 is 1.82. The number of thioether (sulfide) groups is 1. The molecule has 0 spiro atoms. The Morgan fingerprint density at radius 2 is 2.05 bits per heavy atom. The van der Waals surface area contributed by atoms with Crippen LogP contribution in [0.4, 0.5) is 0 Å². The fourth-order valence-electron chi connectivity index (χ4n) is 1.67. The predicted molar refractivity (Wildman–Crippen MR) is 99.2 cm³/mol. The summed E-state index contributed by atoms with van der Waals surface area (Å²) in [5.41, 5.74) is 2.41. The minimum atomic E-state index is 0. The van der Waals surface area contributed by atoms with Crippen LogP contribution in [0, 0.1) is 0 Å². The van der Waals surface area contributed by atoms with Gasteiger partial charge in [0.1, 0.15) is 0 Å². The normalized spacial score (nSPS) is 10.8. The Kier molecular flexibility index (Phi) is 12.0. The number of hydrogen-bond donors (Lipinski definition) is 2. The highest BCUT2D eigenvalue weighted by Crippen LogP contribution is 2.06. The first kappa shape index (κ1) is 19.5. The average Bonchev–Trinajstić information content (AvgIpc) is 2.43. The molecule has 0 heterocycles. The number of benzene rings is 1. The number of guanidine groups is 1. The van der Waals surface area contributed by atoms with Gasteiger partial charge >= 0.3 is 0 Å². The highest BCUT2D eigenvalue weighted by atomic mass is 127. The van der Waals surface area contributed by atoms with Crippen molar-refractivity contribution in [1.82, 2.24) is 10.6 Å². The second kappa shape index (κ2) is 12.3. The molecule has 1 rings (SSSR count). The maximum atomic E-state index is 5.14. The number of nitrogens with one attached hydrogen (secondary N) is 2. The van der Waals surface area contributed by atoms with Crippen molar-refractivity contribution < 1.29 is 4.74 Å². The number of ether oxygens (including phenoxy) is 1. The summed E-state index contributed by atoms with van der Waals surface area (Å²) in [7, 11) is 3.50. The van der Waals surface area contributed by atoms with E-state index in [-0.39, 0.29) is 24.0 Å². The Balaban J connectivity index is 0.00000361. The van der Waals surface area contributed by atoms with Crippen LogP contribution in [-0.2, 0) is 17.9 Å². The summed E-state index contributed by atoms with van der Waals surface area (Å²) in [4.78, 5) is 4.19. The molecule has 0 radical (unpaired) electrons. The lowest BCUT2D eigenvalue weighted by atomic mass is 10.1. The van der Waals surface area contributed by atoms with Gasteiger partial charge in [-0.1, -0.05) is 24.3 Å². The first-order valence-corrected chi connectivity index (χ1v) is 7.69. The molecule has 0 amide bonds. The van der Waals surface area contributed by atoms with Crippen LogP contribution >= 0.6 is 35.7 Å². The van der Waals surface area contributed by atoms with Crippen molar-refractivity contribution in [2.45, 2.75) is 13.2 Å². The van der Waals surface area contributed by atoms with Crippen LogP contribution in [-0.4, -0.2) is 38.7 Å². The summed E-state index contributed by atoms with van der Waals surface area (Å²) < 4.78 is 5.14. The highest BCUT2D eigenvalue weighted by Gasteiger charge is 1.99. The molecule has 0 saturated heterocycles. The molecule has 0 unspecified atom stereocenters. The van der Waals surface area contributed by atoms with Crippen LogP contribution in [0.2, 0.25) is 0 Å². The number of nitrogens with zero attached hydrogens (tertiary/aromatic N) is 1. The van der Waals surface area contributed by atoms with Crippen LogP contribution in [0.3, 0.4) is 0 Å². The van der Waals surface area contributed by atoms with E-state index in [4.69, 9.17) is 4.74 Å². The SMILES string of the molecule is CN=C(NCCSC)NCc1cccc(COC)c1.I. The van der Waals surface area contributed by atoms with Crippen molar-refractivity contribution in [2.24, 2.45) is 4.99 Å². The molecule has 1 aromatic rings. The van der Waals surface area contributed by atoms with Crippen LogP contribution in [0.25, 0.3) is 0 Å². The third kappa shape index (κ3) is 7.96. The monoisotopic (exact) mass is 409 g/mol. The lowest BCUT2D eigenvalue weighted by Gasteiger charge is -2.12. The van der Waals surface area contributed by atoms with Crippen LogP contribution in [0.1, 0.15) is 11.1 Å². The quantitative estimate of drug-likeness (QED) is 0.315. The third-order valence-corrected chi connectivity index (χ3v) is 3.20. The summed E-state index contributed by atoms with van der Waals surface area (Å²) in [6.45, 7) is 2.33. The fraction of sp³-hybridized carbons (Fsp3) is 0.500. The van der Waals surface area contributed by atoms with E-state index in [1.807, 2.05) is 11.8 Å². The molecule has 6 heteroatoms. The van der Waals surface area contributed by atoms with E-state index in [1.54, 1.807) is 14.2 Å². The average molecular weight is 409 g/mol. The van der Waals surface area contributed by atoms with Gasteiger partial charge in [-0.05, 0) is 17.4 Å². The van der Waals surface area contributed by atoms with E-state index in [0.717, 1.165) is 24.8 Å². The molecule has 0 atom stereocenters. The first-order chi connectivity index (χ1) is 9.30. The summed E-state index contributed by atoms with van der Waals surface area (Å²) in [5.74, 6) is 1.91. The van der Waals surface area contributed by atoms with Crippen LogP contribution in [0.5, 0.6) is 0 Å². The zero-order valence-electron chi connectivity index (χ0n) is 12.3. The molecule has 4 nitrogen and oxygen atoms in total. The molecule has 0 aliphatic carbocycles.